The number of imidazole rings is 1. The van der Waals surface area contributed by atoms with Crippen LogP contribution in [0.5, 0.6) is 0 Å². The number of nitrogens with one attached hydrogen (secondary N) is 4. The van der Waals surface area contributed by atoms with Crippen molar-refractivity contribution < 1.29 is 10.0 Å². The average molecular weight is 575 g/mol. The van der Waals surface area contributed by atoms with Crippen molar-refractivity contribution in [3.8, 4) is 5.69 Å². The largest absolute Gasteiger partial charge is 0.380 e. The molecule has 0 spiro atoms. The minimum atomic E-state index is -0.564. The number of pyridine rings is 1. The zero-order valence-corrected chi connectivity index (χ0v) is 23.6. The number of hydrogen-bond acceptors (Lipinski definition) is 8. The second-order valence-electron chi connectivity index (χ2n) is 10.2. The number of amides is 1. The van der Waals surface area contributed by atoms with Crippen molar-refractivity contribution in [2.75, 3.05) is 10.6 Å². The molecule has 6 rings (SSSR count). The molecule has 0 radical (unpaired) electrons. The van der Waals surface area contributed by atoms with Crippen LogP contribution in [0.2, 0.25) is 0 Å². The summed E-state index contributed by atoms with van der Waals surface area (Å²) in [6.45, 7) is 4.24. The summed E-state index contributed by atoms with van der Waals surface area (Å²) in [7, 11) is 0. The van der Waals surface area contributed by atoms with Crippen molar-refractivity contribution in [2.24, 2.45) is 0 Å². The van der Waals surface area contributed by atoms with Crippen molar-refractivity contribution in [2.45, 2.75) is 32.9 Å². The molecule has 1 amide bonds. The maximum absolute atomic E-state index is 14.4. The van der Waals surface area contributed by atoms with Crippen LogP contribution in [0.1, 0.15) is 46.7 Å². The van der Waals surface area contributed by atoms with Gasteiger partial charge in [-0.05, 0) is 60.9 Å². The van der Waals surface area contributed by atoms with Crippen LogP contribution >= 0.6 is 0 Å². The van der Waals surface area contributed by atoms with Gasteiger partial charge in [-0.15, -0.1) is 0 Å². The van der Waals surface area contributed by atoms with Crippen molar-refractivity contribution in [1.29, 1.82) is 0 Å². The number of carbonyl (C=O) groups is 1. The van der Waals surface area contributed by atoms with E-state index in [1.54, 1.807) is 41.6 Å². The Kier molecular flexibility index (Phi) is 7.54. The van der Waals surface area contributed by atoms with Crippen LogP contribution in [0.4, 0.5) is 11.5 Å². The molecule has 216 valence electrons. The van der Waals surface area contributed by atoms with Gasteiger partial charge >= 0.3 is 0 Å². The van der Waals surface area contributed by atoms with Crippen LogP contribution in [0.3, 0.4) is 0 Å². The van der Waals surface area contributed by atoms with Crippen molar-refractivity contribution in [3.63, 3.8) is 0 Å². The van der Waals surface area contributed by atoms with Gasteiger partial charge in [-0.2, -0.15) is 0 Å². The van der Waals surface area contributed by atoms with Gasteiger partial charge < -0.3 is 15.6 Å². The maximum Gasteiger partial charge on any atom is 0.274 e. The lowest BCUT2D eigenvalue weighted by Crippen LogP contribution is -2.28. The number of carbonyl (C=O) groups excluding carboxylic acids is 1. The number of para-hydroxylation sites is 1. The normalized spacial score (nSPS) is 11.9. The molecule has 11 nitrogen and oxygen atoms in total. The Morgan fingerprint density at radius 2 is 1.88 bits per heavy atom. The molecule has 3 heterocycles. The van der Waals surface area contributed by atoms with E-state index in [0.29, 0.717) is 58.0 Å². The van der Waals surface area contributed by atoms with Gasteiger partial charge in [-0.25, -0.2) is 20.4 Å². The zero-order chi connectivity index (χ0) is 29.9. The Balaban J connectivity index is 1.43. The Morgan fingerprint density at radius 1 is 1.05 bits per heavy atom. The third-order valence-electron chi connectivity index (χ3n) is 7.43. The lowest BCUT2D eigenvalue weighted by atomic mass is 10.0. The number of H-pyrrole nitrogens is 1. The van der Waals surface area contributed by atoms with Crippen LogP contribution in [0.15, 0.2) is 90.1 Å². The molecular formula is C32H30N8O3. The van der Waals surface area contributed by atoms with Gasteiger partial charge in [0, 0.05) is 24.0 Å². The standard InChI is InChI=1S/C32H30N8O3/c1-3-23(37-29-28-26(14-15-33-29)35-18-36-28)30-38-25-11-7-10-24(27(25)32(42)40(30)21-8-5-4-6-9-21)34-17-20-12-13-22(19(2)16-20)31(41)39-43/h4-16,18,23,34,43H,3,17H2,1-2H3,(H,33,37)(H,35,36)(H,39,41)/t23-/m0/s1. The van der Waals surface area contributed by atoms with Crippen molar-refractivity contribution >= 4 is 39.3 Å². The van der Waals surface area contributed by atoms with Crippen LogP contribution in [0.25, 0.3) is 27.6 Å². The van der Waals surface area contributed by atoms with E-state index in [9.17, 15) is 9.59 Å². The highest BCUT2D eigenvalue weighted by Gasteiger charge is 2.23. The molecule has 0 aliphatic carbocycles. The highest BCUT2D eigenvalue weighted by Crippen LogP contribution is 2.28. The highest BCUT2D eigenvalue weighted by atomic mass is 16.5. The molecule has 3 aromatic heterocycles. The molecule has 11 heteroatoms. The Labute approximate surface area is 246 Å². The fourth-order valence-electron chi connectivity index (χ4n) is 5.29. The predicted molar refractivity (Wildman–Crippen MR) is 166 cm³/mol. The van der Waals surface area contributed by atoms with Gasteiger partial charge in [-0.3, -0.25) is 19.4 Å². The fourth-order valence-corrected chi connectivity index (χ4v) is 5.29. The minimum Gasteiger partial charge on any atom is -0.380 e. The molecule has 0 aliphatic rings. The number of aromatic amines is 1. The SMILES string of the molecule is CC[C@H](Nc1nccc2[nH]cnc12)c1nc2cccc(NCc3ccc(C(=O)NO)c(C)c3)c2c(=O)n1-c1ccccc1. The van der Waals surface area contributed by atoms with E-state index < -0.39 is 5.91 Å². The number of anilines is 2. The summed E-state index contributed by atoms with van der Waals surface area (Å²) in [5, 5.41) is 16.3. The maximum atomic E-state index is 14.4. The fraction of sp³-hybridized carbons (Fsp3) is 0.156. The van der Waals surface area contributed by atoms with Gasteiger partial charge in [0.2, 0.25) is 0 Å². The van der Waals surface area contributed by atoms with Gasteiger partial charge in [-0.1, -0.05) is 43.3 Å². The van der Waals surface area contributed by atoms with E-state index in [-0.39, 0.29) is 11.6 Å². The number of hydroxylamine groups is 1. The number of aromatic nitrogens is 5. The summed E-state index contributed by atoms with van der Waals surface area (Å²) in [6, 6.07) is 21.9. The zero-order valence-electron chi connectivity index (χ0n) is 23.6. The summed E-state index contributed by atoms with van der Waals surface area (Å²) < 4.78 is 1.66. The Bertz CT molecular complexity index is 2000. The molecule has 43 heavy (non-hydrogen) atoms. The molecular weight excluding hydrogens is 544 g/mol. The molecule has 0 bridgehead atoms. The lowest BCUT2D eigenvalue weighted by Gasteiger charge is -2.23. The third kappa shape index (κ3) is 5.29. The van der Waals surface area contributed by atoms with Crippen molar-refractivity contribution in [1.82, 2.24) is 30.0 Å². The molecule has 0 saturated carbocycles. The minimum absolute atomic E-state index is 0.202. The van der Waals surface area contributed by atoms with E-state index in [0.717, 1.165) is 16.6 Å². The summed E-state index contributed by atoms with van der Waals surface area (Å²) in [5.74, 6) is 0.602. The monoisotopic (exact) mass is 574 g/mol. The first-order valence-corrected chi connectivity index (χ1v) is 13.9. The first-order chi connectivity index (χ1) is 21.0. The van der Waals surface area contributed by atoms with Crippen LogP contribution < -0.4 is 21.7 Å². The highest BCUT2D eigenvalue weighted by molar-refractivity contribution is 5.95. The molecule has 3 aromatic carbocycles. The van der Waals surface area contributed by atoms with Gasteiger partial charge in [0.25, 0.3) is 11.5 Å². The van der Waals surface area contributed by atoms with Gasteiger partial charge in [0.15, 0.2) is 5.82 Å². The smallest absolute Gasteiger partial charge is 0.274 e. The summed E-state index contributed by atoms with van der Waals surface area (Å²) in [4.78, 5) is 43.4. The van der Waals surface area contributed by atoms with Crippen molar-refractivity contribution in [3.05, 3.63) is 118 Å². The quantitative estimate of drug-likeness (QED) is 0.116. The average Bonchev–Trinajstić information content (AvgIpc) is 3.52. The van der Waals surface area contributed by atoms with E-state index in [4.69, 9.17) is 10.2 Å². The van der Waals surface area contributed by atoms with E-state index in [2.05, 4.69) is 25.6 Å². The van der Waals surface area contributed by atoms with E-state index in [1.165, 1.54) is 0 Å². The number of benzene rings is 3. The van der Waals surface area contributed by atoms with Crippen LogP contribution in [-0.4, -0.2) is 35.6 Å². The van der Waals surface area contributed by atoms with Gasteiger partial charge in [0.1, 0.15) is 11.3 Å². The van der Waals surface area contributed by atoms with Gasteiger partial charge in [0.05, 0.1) is 34.5 Å². The number of hydrogen-bond donors (Lipinski definition) is 5. The molecule has 0 unspecified atom stereocenters. The number of fused-ring (bicyclic) bond motifs is 2. The topological polar surface area (TPSA) is 150 Å². The molecule has 1 atom stereocenters. The van der Waals surface area contributed by atoms with E-state index >= 15 is 0 Å². The Hall–Kier alpha value is -5.55. The van der Waals surface area contributed by atoms with Crippen LogP contribution in [0, 0.1) is 6.92 Å². The summed E-state index contributed by atoms with van der Waals surface area (Å²) in [6.07, 6.45) is 3.97. The first kappa shape index (κ1) is 27.6. The molecule has 0 saturated heterocycles. The number of nitrogens with zero attached hydrogens (tertiary/aromatic N) is 4. The molecule has 6 aromatic rings. The number of rotatable bonds is 9. The molecule has 5 N–H and O–H groups in total. The predicted octanol–water partition coefficient (Wildman–Crippen LogP) is 5.26. The second kappa shape index (κ2) is 11.7. The summed E-state index contributed by atoms with van der Waals surface area (Å²) in [5.41, 5.74) is 6.96. The van der Waals surface area contributed by atoms with E-state index in [1.807, 2.05) is 67.6 Å². The summed E-state index contributed by atoms with van der Waals surface area (Å²) >= 11 is 0. The Morgan fingerprint density at radius 3 is 2.65 bits per heavy atom. The third-order valence-corrected chi connectivity index (χ3v) is 7.43. The van der Waals surface area contributed by atoms with Crippen LogP contribution in [-0.2, 0) is 6.54 Å². The lowest BCUT2D eigenvalue weighted by molar-refractivity contribution is 0.0705. The number of aryl methyl sites for hydroxylation is 1. The second-order valence-corrected chi connectivity index (χ2v) is 10.2. The first-order valence-electron chi connectivity index (χ1n) is 13.9. The molecule has 0 aliphatic heterocycles. The molecule has 0 fully saturated rings.